The third-order valence-electron chi connectivity index (χ3n) is 2.90. The number of hydrogen-bond acceptors (Lipinski definition) is 4. The maximum atomic E-state index is 4.63. The van der Waals surface area contributed by atoms with Crippen LogP contribution in [0.2, 0.25) is 0 Å². The van der Waals surface area contributed by atoms with Gasteiger partial charge in [-0.3, -0.25) is 0 Å². The number of aryl methyl sites for hydroxylation is 1. The molecule has 5 heteroatoms. The van der Waals surface area contributed by atoms with E-state index < -0.39 is 0 Å². The summed E-state index contributed by atoms with van der Waals surface area (Å²) in [6.07, 6.45) is 0. The number of benzene rings is 1. The van der Waals surface area contributed by atoms with E-state index in [0.29, 0.717) is 5.25 Å². The quantitative estimate of drug-likeness (QED) is 0.689. The van der Waals surface area contributed by atoms with E-state index in [2.05, 4.69) is 60.3 Å². The molecule has 0 aliphatic heterocycles. The summed E-state index contributed by atoms with van der Waals surface area (Å²) in [6, 6.07) is 12.2. The topological polar surface area (TPSA) is 43.1 Å². The Labute approximate surface area is 122 Å². The van der Waals surface area contributed by atoms with Crippen molar-refractivity contribution < 1.29 is 0 Å². The van der Waals surface area contributed by atoms with Crippen LogP contribution in [-0.2, 0) is 0 Å². The molecule has 0 radical (unpaired) electrons. The summed E-state index contributed by atoms with van der Waals surface area (Å²) in [5, 5.41) is 14.6. The molecule has 4 nitrogen and oxygen atoms in total. The molecule has 20 heavy (non-hydrogen) atoms. The first-order chi connectivity index (χ1) is 9.63. The molecule has 0 atom stereocenters. The second-order valence-corrected chi connectivity index (χ2v) is 6.59. The highest BCUT2D eigenvalue weighted by atomic mass is 32.2. The number of nitrogens with zero attached hydrogens (tertiary/aromatic N) is 4. The Balaban J connectivity index is 2.09. The van der Waals surface area contributed by atoms with Crippen LogP contribution in [0.1, 0.15) is 19.4 Å². The smallest absolute Gasteiger partial charge is 0.185 e. The van der Waals surface area contributed by atoms with Crippen molar-refractivity contribution in [3.05, 3.63) is 42.0 Å². The Morgan fingerprint density at radius 2 is 1.75 bits per heavy atom. The highest BCUT2D eigenvalue weighted by molar-refractivity contribution is 7.99. The second-order valence-electron chi connectivity index (χ2n) is 5.00. The van der Waals surface area contributed by atoms with E-state index in [9.17, 15) is 0 Å². The van der Waals surface area contributed by atoms with Crippen molar-refractivity contribution in [2.45, 2.75) is 31.0 Å². The Morgan fingerprint density at radius 3 is 2.45 bits per heavy atom. The first-order valence-corrected chi connectivity index (χ1v) is 7.47. The molecule has 0 aliphatic rings. The number of hydrogen-bond donors (Lipinski definition) is 0. The van der Waals surface area contributed by atoms with Crippen LogP contribution >= 0.6 is 11.8 Å². The third kappa shape index (κ3) is 2.54. The van der Waals surface area contributed by atoms with E-state index >= 15 is 0 Å². The fourth-order valence-electron chi connectivity index (χ4n) is 1.96. The Bertz CT molecular complexity index is 731. The summed E-state index contributed by atoms with van der Waals surface area (Å²) in [4.78, 5) is 0. The van der Waals surface area contributed by atoms with Crippen LogP contribution in [0.25, 0.3) is 17.0 Å². The zero-order valence-corrected chi connectivity index (χ0v) is 12.6. The van der Waals surface area contributed by atoms with E-state index in [1.807, 2.05) is 16.6 Å². The molecule has 0 amide bonds. The van der Waals surface area contributed by atoms with E-state index in [1.54, 1.807) is 11.8 Å². The molecule has 0 bridgehead atoms. The van der Waals surface area contributed by atoms with Crippen molar-refractivity contribution in [3.8, 4) is 11.4 Å². The van der Waals surface area contributed by atoms with E-state index in [1.165, 1.54) is 5.56 Å². The number of rotatable bonds is 3. The second kappa shape index (κ2) is 5.25. The van der Waals surface area contributed by atoms with Crippen molar-refractivity contribution in [2.75, 3.05) is 0 Å². The van der Waals surface area contributed by atoms with E-state index in [-0.39, 0.29) is 0 Å². The van der Waals surface area contributed by atoms with Gasteiger partial charge in [-0.1, -0.05) is 43.7 Å². The monoisotopic (exact) mass is 284 g/mol. The van der Waals surface area contributed by atoms with Gasteiger partial charge in [-0.2, -0.15) is 9.61 Å². The lowest BCUT2D eigenvalue weighted by Gasteiger charge is -2.05. The average Bonchev–Trinajstić information content (AvgIpc) is 2.82. The van der Waals surface area contributed by atoms with Crippen LogP contribution in [0.3, 0.4) is 0 Å². The predicted octanol–water partition coefficient (Wildman–Crippen LogP) is 3.60. The van der Waals surface area contributed by atoms with Gasteiger partial charge in [0.05, 0.1) is 0 Å². The third-order valence-corrected chi connectivity index (χ3v) is 3.84. The molecule has 102 valence electrons. The average molecular weight is 284 g/mol. The van der Waals surface area contributed by atoms with Gasteiger partial charge in [-0.05, 0) is 19.1 Å². The zero-order chi connectivity index (χ0) is 14.1. The number of fused-ring (bicyclic) bond motifs is 1. The van der Waals surface area contributed by atoms with Crippen LogP contribution < -0.4 is 0 Å². The van der Waals surface area contributed by atoms with Gasteiger partial charge >= 0.3 is 0 Å². The summed E-state index contributed by atoms with van der Waals surface area (Å²) in [6.45, 7) is 6.38. The lowest BCUT2D eigenvalue weighted by atomic mass is 10.1. The molecule has 0 unspecified atom stereocenters. The Kier molecular flexibility index (Phi) is 3.44. The summed E-state index contributed by atoms with van der Waals surface area (Å²) < 4.78 is 1.81. The molecule has 0 saturated heterocycles. The van der Waals surface area contributed by atoms with E-state index in [0.717, 1.165) is 22.1 Å². The molecule has 3 aromatic rings. The van der Waals surface area contributed by atoms with E-state index in [4.69, 9.17) is 0 Å². The maximum absolute atomic E-state index is 4.63. The maximum Gasteiger partial charge on any atom is 0.185 e. The number of thioether (sulfide) groups is 1. The first-order valence-electron chi connectivity index (χ1n) is 6.59. The normalized spacial score (nSPS) is 11.4. The highest BCUT2D eigenvalue weighted by Crippen LogP contribution is 2.23. The van der Waals surface area contributed by atoms with Gasteiger partial charge in [-0.15, -0.1) is 22.0 Å². The van der Waals surface area contributed by atoms with Crippen LogP contribution in [0.4, 0.5) is 0 Å². The van der Waals surface area contributed by atoms with Crippen LogP contribution in [-0.4, -0.2) is 25.1 Å². The molecule has 0 aliphatic carbocycles. The van der Waals surface area contributed by atoms with Gasteiger partial charge in [0.1, 0.15) is 5.03 Å². The number of aromatic nitrogens is 4. The molecule has 0 fully saturated rings. The molecular weight excluding hydrogens is 268 g/mol. The zero-order valence-electron chi connectivity index (χ0n) is 11.7. The molecule has 0 N–H and O–H groups in total. The van der Waals surface area contributed by atoms with Crippen LogP contribution in [0.15, 0.2) is 41.4 Å². The highest BCUT2D eigenvalue weighted by Gasteiger charge is 2.10. The molecule has 0 saturated carbocycles. The standard InChI is InChI=1S/C15H16N4S/c1-10(2)20-14-9-8-13-16-17-15(19(13)18-14)12-6-4-11(3)5-7-12/h4-10H,1-3H3. The van der Waals surface area contributed by atoms with Crippen molar-refractivity contribution >= 4 is 17.4 Å². The van der Waals surface area contributed by atoms with Gasteiger partial charge in [0.15, 0.2) is 11.5 Å². The fourth-order valence-corrected chi connectivity index (χ4v) is 2.72. The fraction of sp³-hybridized carbons (Fsp3) is 0.267. The first kappa shape index (κ1) is 13.1. The summed E-state index contributed by atoms with van der Waals surface area (Å²) >= 11 is 1.74. The molecule has 2 heterocycles. The molecular formula is C15H16N4S. The summed E-state index contributed by atoms with van der Waals surface area (Å²) in [5.74, 6) is 0.784. The molecule has 3 rings (SSSR count). The SMILES string of the molecule is Cc1ccc(-c2nnc3ccc(SC(C)C)nn23)cc1. The van der Waals surface area contributed by atoms with Gasteiger partial charge in [-0.25, -0.2) is 0 Å². The predicted molar refractivity (Wildman–Crippen MR) is 81.9 cm³/mol. The molecule has 0 spiro atoms. The summed E-state index contributed by atoms with van der Waals surface area (Å²) in [7, 11) is 0. The van der Waals surface area contributed by atoms with Crippen molar-refractivity contribution in [3.63, 3.8) is 0 Å². The molecule has 2 aromatic heterocycles. The Hall–Kier alpha value is -1.88. The minimum atomic E-state index is 0.499. The lowest BCUT2D eigenvalue weighted by Crippen LogP contribution is -1.98. The lowest BCUT2D eigenvalue weighted by molar-refractivity contribution is 0.857. The van der Waals surface area contributed by atoms with Crippen molar-refractivity contribution in [1.29, 1.82) is 0 Å². The summed E-state index contributed by atoms with van der Waals surface area (Å²) in [5.41, 5.74) is 3.03. The van der Waals surface area contributed by atoms with Gasteiger partial charge < -0.3 is 0 Å². The Morgan fingerprint density at radius 1 is 1.00 bits per heavy atom. The van der Waals surface area contributed by atoms with Gasteiger partial charge in [0, 0.05) is 10.8 Å². The van der Waals surface area contributed by atoms with Gasteiger partial charge in [0.2, 0.25) is 0 Å². The van der Waals surface area contributed by atoms with Gasteiger partial charge in [0.25, 0.3) is 0 Å². The van der Waals surface area contributed by atoms with Crippen LogP contribution in [0.5, 0.6) is 0 Å². The van der Waals surface area contributed by atoms with Crippen molar-refractivity contribution in [1.82, 2.24) is 19.8 Å². The minimum absolute atomic E-state index is 0.499. The minimum Gasteiger partial charge on any atom is -0.192 e. The van der Waals surface area contributed by atoms with Crippen molar-refractivity contribution in [2.24, 2.45) is 0 Å². The molecule has 1 aromatic carbocycles. The van der Waals surface area contributed by atoms with Crippen LogP contribution in [0, 0.1) is 6.92 Å². The largest absolute Gasteiger partial charge is 0.192 e.